The van der Waals surface area contributed by atoms with Gasteiger partial charge in [0.25, 0.3) is 5.91 Å². The van der Waals surface area contributed by atoms with E-state index in [1.165, 1.54) is 0 Å². The normalized spacial score (nSPS) is 26.7. The first-order chi connectivity index (χ1) is 25.6. The van der Waals surface area contributed by atoms with Gasteiger partial charge in [0.2, 0.25) is 5.91 Å². The molecule has 2 aliphatic rings. The summed E-state index contributed by atoms with van der Waals surface area (Å²) < 4.78 is 6.13. The lowest BCUT2D eigenvalue weighted by molar-refractivity contribution is -0.174. The molecule has 2 aromatic rings. The molecule has 1 saturated carbocycles. The molecule has 4 rings (SSSR count). The molecule has 0 bridgehead atoms. The molecule has 1 aliphatic heterocycles. The molecule has 5 N–H and O–H groups in total. The number of para-hydroxylation sites is 1. The Morgan fingerprint density at radius 1 is 1.11 bits per heavy atom. The minimum atomic E-state index is -0.831. The van der Waals surface area contributed by atoms with Crippen molar-refractivity contribution in [2.24, 2.45) is 40.2 Å². The van der Waals surface area contributed by atoms with Crippen LogP contribution in [0.15, 0.2) is 36.4 Å². The fourth-order valence-corrected chi connectivity index (χ4v) is 8.86. The van der Waals surface area contributed by atoms with Crippen molar-refractivity contribution in [1.82, 2.24) is 20.6 Å². The number of benzene rings is 2. The first-order valence-electron chi connectivity index (χ1n) is 20.2. The third-order valence-corrected chi connectivity index (χ3v) is 12.6. The van der Waals surface area contributed by atoms with Crippen molar-refractivity contribution in [1.29, 1.82) is 0 Å². The maximum absolute atomic E-state index is 14.4. The predicted octanol–water partition coefficient (Wildman–Crippen LogP) is 5.79. The van der Waals surface area contributed by atoms with E-state index in [0.717, 1.165) is 41.8 Å². The van der Waals surface area contributed by atoms with E-state index >= 15 is 0 Å². The van der Waals surface area contributed by atoms with E-state index in [-0.39, 0.29) is 53.7 Å². The van der Waals surface area contributed by atoms with Crippen LogP contribution in [0, 0.1) is 34.5 Å². The molecule has 55 heavy (non-hydrogen) atoms. The molecule has 1 aliphatic carbocycles. The van der Waals surface area contributed by atoms with Crippen LogP contribution >= 0.6 is 0 Å². The number of aliphatic hydroxyl groups excluding tert-OH is 1. The fourth-order valence-electron chi connectivity index (χ4n) is 8.86. The molecule has 11 heteroatoms. The highest BCUT2D eigenvalue weighted by Crippen LogP contribution is 2.47. The van der Waals surface area contributed by atoms with Gasteiger partial charge in [-0.05, 0) is 86.2 Å². The van der Waals surface area contributed by atoms with E-state index in [9.17, 15) is 14.7 Å². The van der Waals surface area contributed by atoms with Crippen LogP contribution in [0.2, 0.25) is 0 Å². The number of likely N-dealkylation sites (N-methyl/N-ethyl adjacent to an activating group) is 1. The molecule has 0 spiro atoms. The van der Waals surface area contributed by atoms with E-state index in [1.807, 2.05) is 63.4 Å². The van der Waals surface area contributed by atoms with Gasteiger partial charge in [-0.25, -0.2) is 0 Å². The molecule has 2 fully saturated rings. The number of rotatable bonds is 14. The van der Waals surface area contributed by atoms with Crippen LogP contribution in [0.3, 0.4) is 0 Å². The third kappa shape index (κ3) is 10.4. The van der Waals surface area contributed by atoms with Crippen molar-refractivity contribution in [2.75, 3.05) is 53.3 Å². The van der Waals surface area contributed by atoms with Gasteiger partial charge in [0, 0.05) is 67.6 Å². The van der Waals surface area contributed by atoms with Crippen LogP contribution in [0.1, 0.15) is 91.1 Å². The number of nitrogens with zero attached hydrogens (tertiary/aromatic N) is 3. The number of aliphatic hydroxyl groups is 1. The molecule has 308 valence electrons. The van der Waals surface area contributed by atoms with E-state index in [4.69, 9.17) is 15.3 Å². The summed E-state index contributed by atoms with van der Waals surface area (Å²) in [4.78, 5) is 38.9. The summed E-state index contributed by atoms with van der Waals surface area (Å²) in [6, 6.07) is 11.0. The van der Waals surface area contributed by atoms with Gasteiger partial charge in [-0.1, -0.05) is 73.6 Å². The number of anilines is 1. The van der Waals surface area contributed by atoms with Crippen LogP contribution in [-0.2, 0) is 16.2 Å². The zero-order chi connectivity index (χ0) is 41.2. The van der Waals surface area contributed by atoms with Gasteiger partial charge in [0.1, 0.15) is 11.8 Å². The van der Waals surface area contributed by atoms with Gasteiger partial charge in [-0.2, -0.15) is 5.06 Å². The average molecular weight is 765 g/mol. The van der Waals surface area contributed by atoms with Crippen LogP contribution < -0.4 is 26.0 Å². The zero-order valence-electron chi connectivity index (χ0n) is 36.2. The van der Waals surface area contributed by atoms with Crippen molar-refractivity contribution >= 4 is 17.5 Å². The summed E-state index contributed by atoms with van der Waals surface area (Å²) in [5.41, 5.74) is 10.3. The summed E-state index contributed by atoms with van der Waals surface area (Å²) >= 11 is 0. The Hall–Kier alpha value is -3.22. The summed E-state index contributed by atoms with van der Waals surface area (Å²) in [5.74, 6) is 0.901. The molecule has 11 nitrogen and oxygen atoms in total. The molecule has 9 atom stereocenters. The number of carbonyl (C=O) groups is 2. The topological polar surface area (TPSA) is 133 Å². The standard InChI is InChI=1S/C44H72N6O5/c1-26-18-36(27(2)28(3)44(26,8)9)47-42(53)39-38(29(4)51)37(23-45)55-50(39)24-30-16-15-17-35(40(30)54-14)31-19-32(21-34(20-31)49(12)13)41(52)46-33(25-48(10)11)22-43(5,6)7/h15-17,19-21,26-29,33,36-39,51H,18,22-25,45H2,1-14H3,(H,46,52)(H,47,53)/t26-,27+,28+,29+,33+,36+,37+,38-,39+/m1/s1. The van der Waals surface area contributed by atoms with Crippen molar-refractivity contribution in [3.05, 3.63) is 47.5 Å². The van der Waals surface area contributed by atoms with Gasteiger partial charge >= 0.3 is 0 Å². The van der Waals surface area contributed by atoms with Gasteiger partial charge in [-0.15, -0.1) is 0 Å². The van der Waals surface area contributed by atoms with Crippen LogP contribution in [0.5, 0.6) is 5.75 Å². The smallest absolute Gasteiger partial charge is 0.251 e. The van der Waals surface area contributed by atoms with Crippen LogP contribution in [-0.4, -0.2) is 106 Å². The zero-order valence-corrected chi connectivity index (χ0v) is 36.2. The Morgan fingerprint density at radius 2 is 1.78 bits per heavy atom. The lowest BCUT2D eigenvalue weighted by Crippen LogP contribution is -2.56. The molecule has 1 saturated heterocycles. The number of nitrogens with two attached hydrogens (primary N) is 1. The molecule has 2 amide bonds. The molecule has 0 unspecified atom stereocenters. The van der Waals surface area contributed by atoms with Gasteiger partial charge in [0.15, 0.2) is 0 Å². The summed E-state index contributed by atoms with van der Waals surface area (Å²) in [7, 11) is 9.59. The van der Waals surface area contributed by atoms with E-state index < -0.39 is 24.2 Å². The number of carbonyl (C=O) groups excluding carboxylic acids is 2. The van der Waals surface area contributed by atoms with Crippen molar-refractivity contribution in [3.63, 3.8) is 0 Å². The van der Waals surface area contributed by atoms with Gasteiger partial charge in [0.05, 0.1) is 25.9 Å². The second-order valence-electron chi connectivity index (χ2n) is 18.8. The van der Waals surface area contributed by atoms with Crippen molar-refractivity contribution in [2.45, 2.75) is 112 Å². The number of methoxy groups -OCH3 is 1. The number of ether oxygens (including phenoxy) is 1. The van der Waals surface area contributed by atoms with Crippen LogP contribution in [0.4, 0.5) is 5.69 Å². The largest absolute Gasteiger partial charge is 0.496 e. The number of amides is 2. The third-order valence-electron chi connectivity index (χ3n) is 12.6. The average Bonchev–Trinajstić information content (AvgIpc) is 3.47. The molecule has 0 radical (unpaired) electrons. The molecule has 0 aromatic heterocycles. The van der Waals surface area contributed by atoms with Gasteiger partial charge < -0.3 is 36.0 Å². The Balaban J connectivity index is 1.70. The second-order valence-corrected chi connectivity index (χ2v) is 18.8. The van der Waals surface area contributed by atoms with E-state index in [1.54, 1.807) is 19.1 Å². The molecule has 2 aromatic carbocycles. The van der Waals surface area contributed by atoms with Crippen molar-refractivity contribution < 1.29 is 24.3 Å². The summed E-state index contributed by atoms with van der Waals surface area (Å²) in [6.07, 6.45) is 0.341. The molecular weight excluding hydrogens is 693 g/mol. The van der Waals surface area contributed by atoms with E-state index in [2.05, 4.69) is 77.0 Å². The summed E-state index contributed by atoms with van der Waals surface area (Å²) in [6.45, 7) is 20.8. The first kappa shape index (κ1) is 44.5. The highest BCUT2D eigenvalue weighted by Gasteiger charge is 2.51. The van der Waals surface area contributed by atoms with E-state index in [0.29, 0.717) is 23.1 Å². The minimum absolute atomic E-state index is 0.00110. The second kappa shape index (κ2) is 17.9. The molecular formula is C44H72N6O5. The Kier molecular flexibility index (Phi) is 14.5. The number of hydroxylamine groups is 2. The lowest BCUT2D eigenvalue weighted by Gasteiger charge is -2.50. The first-order valence-corrected chi connectivity index (χ1v) is 20.2. The summed E-state index contributed by atoms with van der Waals surface area (Å²) in [5, 5.41) is 19.4. The highest BCUT2D eigenvalue weighted by atomic mass is 16.7. The SMILES string of the molecule is COc1c(CN2O[C@@H](CN)[C@@H]([C@H](C)O)[C@H]2C(=O)N[C@H]2C[C@@H](C)C(C)(C)[C@@H](C)[C@@H]2C)cccc1-c1cc(C(=O)N[C@H](CN(C)C)CC(C)(C)C)cc(N(C)C)c1. The quantitative estimate of drug-likeness (QED) is 0.189. The maximum Gasteiger partial charge on any atom is 0.251 e. The maximum atomic E-state index is 14.4. The monoisotopic (exact) mass is 765 g/mol. The minimum Gasteiger partial charge on any atom is -0.496 e. The molecule has 1 heterocycles. The van der Waals surface area contributed by atoms with Gasteiger partial charge in [-0.3, -0.25) is 14.4 Å². The van der Waals surface area contributed by atoms with Crippen LogP contribution in [0.25, 0.3) is 11.1 Å². The Morgan fingerprint density at radius 3 is 2.35 bits per heavy atom. The fraction of sp³-hybridized carbons (Fsp3) is 0.682. The number of hydrogen-bond donors (Lipinski definition) is 4. The lowest BCUT2D eigenvalue weighted by atomic mass is 9.58. The highest BCUT2D eigenvalue weighted by molar-refractivity contribution is 5.97. The Bertz CT molecular complexity index is 1620. The van der Waals surface area contributed by atoms with Crippen molar-refractivity contribution in [3.8, 4) is 16.9 Å². The number of nitrogens with one attached hydrogen (secondary N) is 2. The Labute approximate surface area is 331 Å². The predicted molar refractivity (Wildman–Crippen MR) is 223 cm³/mol. The number of hydrogen-bond acceptors (Lipinski definition) is 9.